The molecule has 0 N–H and O–H groups in total. The fraction of sp³-hybridized carbons (Fsp3) is 0.143. The summed E-state index contributed by atoms with van der Waals surface area (Å²) in [4.78, 5) is 9.75. The number of pyridine rings is 1. The molecule has 0 saturated heterocycles. The van der Waals surface area contributed by atoms with Crippen LogP contribution in [0.2, 0.25) is 0 Å². The van der Waals surface area contributed by atoms with Crippen molar-refractivity contribution >= 4 is 22.2 Å². The summed E-state index contributed by atoms with van der Waals surface area (Å²) in [6.45, 7) is 0.188. The Morgan fingerprint density at radius 1 is 0.929 bits per heavy atom. The Morgan fingerprint density at radius 3 is 2.46 bits per heavy atom. The Morgan fingerprint density at radius 2 is 1.75 bits per heavy atom. The van der Waals surface area contributed by atoms with Crippen LogP contribution in [0.5, 0.6) is 5.75 Å². The normalized spacial score (nSPS) is 11.7. The number of halogens is 3. The second-order valence-corrected chi connectivity index (χ2v) is 7.30. The van der Waals surface area contributed by atoms with Crippen molar-refractivity contribution in [3.63, 3.8) is 0 Å². The van der Waals surface area contributed by atoms with E-state index in [4.69, 9.17) is 4.74 Å². The standard InChI is InChI=1S/C21H15F3N2OS/c22-21(23,24)17-4-1-14(2-5-17)12-27-18-6-3-16-7-15(10-26-20(16)9-18)8-19-11-25-13-28-19/h1-7,9-11,13H,8,12H2. The highest BCUT2D eigenvalue weighted by Crippen LogP contribution is 2.29. The third-order valence-electron chi connectivity index (χ3n) is 4.26. The van der Waals surface area contributed by atoms with Gasteiger partial charge in [0.05, 0.1) is 16.6 Å². The Kier molecular flexibility index (Phi) is 5.00. The van der Waals surface area contributed by atoms with Crippen LogP contribution in [0.4, 0.5) is 13.2 Å². The minimum Gasteiger partial charge on any atom is -0.489 e. The van der Waals surface area contributed by atoms with Crippen molar-refractivity contribution in [2.75, 3.05) is 0 Å². The average Bonchev–Trinajstić information content (AvgIpc) is 3.19. The van der Waals surface area contributed by atoms with E-state index in [0.29, 0.717) is 11.3 Å². The largest absolute Gasteiger partial charge is 0.489 e. The molecule has 2 heterocycles. The van der Waals surface area contributed by atoms with Crippen LogP contribution in [0.1, 0.15) is 21.6 Å². The zero-order valence-electron chi connectivity index (χ0n) is 14.6. The first-order valence-electron chi connectivity index (χ1n) is 8.52. The van der Waals surface area contributed by atoms with Gasteiger partial charge in [-0.2, -0.15) is 13.2 Å². The summed E-state index contributed by atoms with van der Waals surface area (Å²) in [5.41, 5.74) is 3.72. The lowest BCUT2D eigenvalue weighted by molar-refractivity contribution is -0.137. The highest BCUT2D eigenvalue weighted by atomic mass is 32.1. The van der Waals surface area contributed by atoms with Crippen molar-refractivity contribution in [1.82, 2.24) is 9.97 Å². The summed E-state index contributed by atoms with van der Waals surface area (Å²) in [6.07, 6.45) is 0.150. The lowest BCUT2D eigenvalue weighted by Crippen LogP contribution is -2.05. The summed E-state index contributed by atoms with van der Waals surface area (Å²) in [5.74, 6) is 0.620. The number of hydrogen-bond donors (Lipinski definition) is 0. The van der Waals surface area contributed by atoms with E-state index in [-0.39, 0.29) is 6.61 Å². The third-order valence-corrected chi connectivity index (χ3v) is 5.04. The van der Waals surface area contributed by atoms with E-state index in [1.165, 1.54) is 17.0 Å². The van der Waals surface area contributed by atoms with Crippen LogP contribution in [0.15, 0.2) is 66.4 Å². The SMILES string of the molecule is FC(F)(F)c1ccc(COc2ccc3cc(Cc4cncs4)cnc3c2)cc1. The van der Waals surface area contributed by atoms with E-state index >= 15 is 0 Å². The number of ether oxygens (including phenoxy) is 1. The first-order chi connectivity index (χ1) is 13.5. The van der Waals surface area contributed by atoms with Crippen LogP contribution >= 0.6 is 11.3 Å². The monoisotopic (exact) mass is 400 g/mol. The Labute approximate surface area is 163 Å². The van der Waals surface area contributed by atoms with Crippen molar-refractivity contribution in [2.45, 2.75) is 19.2 Å². The summed E-state index contributed by atoms with van der Waals surface area (Å²) in [6, 6.07) is 12.7. The molecule has 0 bridgehead atoms. The molecule has 4 rings (SSSR count). The Balaban J connectivity index is 1.44. The van der Waals surface area contributed by atoms with Crippen LogP contribution < -0.4 is 4.74 Å². The smallest absolute Gasteiger partial charge is 0.416 e. The second kappa shape index (κ2) is 7.59. The van der Waals surface area contributed by atoms with Crippen LogP contribution in [0, 0.1) is 0 Å². The molecule has 2 aromatic carbocycles. The number of nitrogens with zero attached hydrogens (tertiary/aromatic N) is 2. The first-order valence-corrected chi connectivity index (χ1v) is 9.40. The number of aromatic nitrogens is 2. The van der Waals surface area contributed by atoms with Crippen LogP contribution in [0.3, 0.4) is 0 Å². The van der Waals surface area contributed by atoms with Gasteiger partial charge in [-0.05, 0) is 41.5 Å². The van der Waals surface area contributed by atoms with E-state index in [0.717, 1.165) is 35.0 Å². The number of thiazole rings is 1. The van der Waals surface area contributed by atoms with Crippen LogP contribution in [0.25, 0.3) is 10.9 Å². The molecule has 0 aliphatic rings. The minimum absolute atomic E-state index is 0.188. The highest BCUT2D eigenvalue weighted by molar-refractivity contribution is 7.09. The maximum Gasteiger partial charge on any atom is 0.416 e. The molecule has 0 radical (unpaired) electrons. The van der Waals surface area contributed by atoms with Crippen LogP contribution in [-0.4, -0.2) is 9.97 Å². The van der Waals surface area contributed by atoms with Crippen molar-refractivity contribution in [3.8, 4) is 5.75 Å². The molecular formula is C21H15F3N2OS. The molecule has 142 valence electrons. The molecule has 2 aromatic heterocycles. The third kappa shape index (κ3) is 4.31. The van der Waals surface area contributed by atoms with E-state index in [9.17, 15) is 13.2 Å². The number of alkyl halides is 3. The molecule has 0 spiro atoms. The maximum atomic E-state index is 12.6. The lowest BCUT2D eigenvalue weighted by Gasteiger charge is -2.10. The van der Waals surface area contributed by atoms with Gasteiger partial charge in [0.25, 0.3) is 0 Å². The molecule has 0 saturated carbocycles. The Bertz CT molecular complexity index is 1080. The zero-order chi connectivity index (χ0) is 19.6. The number of benzene rings is 2. The lowest BCUT2D eigenvalue weighted by atomic mass is 10.1. The van der Waals surface area contributed by atoms with Gasteiger partial charge < -0.3 is 4.74 Å². The topological polar surface area (TPSA) is 35.0 Å². The predicted octanol–water partition coefficient (Wildman–Crippen LogP) is 5.88. The van der Waals surface area contributed by atoms with Crippen molar-refractivity contribution in [1.29, 1.82) is 0 Å². The molecule has 0 fully saturated rings. The summed E-state index contributed by atoms with van der Waals surface area (Å²) in [5, 5.41) is 1.00. The van der Waals surface area contributed by atoms with Gasteiger partial charge in [0, 0.05) is 35.1 Å². The quantitative estimate of drug-likeness (QED) is 0.420. The molecule has 7 heteroatoms. The van der Waals surface area contributed by atoms with Gasteiger partial charge in [-0.15, -0.1) is 11.3 Å². The van der Waals surface area contributed by atoms with Gasteiger partial charge in [0.1, 0.15) is 12.4 Å². The van der Waals surface area contributed by atoms with E-state index in [2.05, 4.69) is 16.0 Å². The number of rotatable bonds is 5. The van der Waals surface area contributed by atoms with Gasteiger partial charge in [0.2, 0.25) is 0 Å². The molecule has 0 unspecified atom stereocenters. The molecule has 0 amide bonds. The summed E-state index contributed by atoms with van der Waals surface area (Å²) >= 11 is 1.61. The number of fused-ring (bicyclic) bond motifs is 1. The molecular weight excluding hydrogens is 385 g/mol. The fourth-order valence-electron chi connectivity index (χ4n) is 2.82. The van der Waals surface area contributed by atoms with E-state index in [1.54, 1.807) is 11.3 Å². The highest BCUT2D eigenvalue weighted by Gasteiger charge is 2.29. The molecule has 28 heavy (non-hydrogen) atoms. The molecule has 0 atom stereocenters. The second-order valence-electron chi connectivity index (χ2n) is 6.33. The predicted molar refractivity (Wildman–Crippen MR) is 102 cm³/mol. The maximum absolute atomic E-state index is 12.6. The summed E-state index contributed by atoms with van der Waals surface area (Å²) < 4.78 is 43.5. The molecule has 0 aliphatic carbocycles. The van der Waals surface area contributed by atoms with Crippen molar-refractivity contribution in [3.05, 3.63) is 88.0 Å². The van der Waals surface area contributed by atoms with Crippen molar-refractivity contribution < 1.29 is 17.9 Å². The fourth-order valence-corrected chi connectivity index (χ4v) is 3.45. The van der Waals surface area contributed by atoms with E-state index in [1.807, 2.05) is 36.1 Å². The van der Waals surface area contributed by atoms with Crippen LogP contribution in [-0.2, 0) is 19.2 Å². The minimum atomic E-state index is -4.33. The van der Waals surface area contributed by atoms with Gasteiger partial charge in [-0.25, -0.2) is 0 Å². The first kappa shape index (κ1) is 18.4. The van der Waals surface area contributed by atoms with Gasteiger partial charge in [-0.3, -0.25) is 9.97 Å². The Hall–Kier alpha value is -2.93. The summed E-state index contributed by atoms with van der Waals surface area (Å²) in [7, 11) is 0. The van der Waals surface area contributed by atoms with Gasteiger partial charge in [-0.1, -0.05) is 12.1 Å². The van der Waals surface area contributed by atoms with E-state index < -0.39 is 11.7 Å². The molecule has 4 aromatic rings. The van der Waals surface area contributed by atoms with Gasteiger partial charge >= 0.3 is 6.18 Å². The zero-order valence-corrected chi connectivity index (χ0v) is 15.4. The van der Waals surface area contributed by atoms with Crippen molar-refractivity contribution in [2.24, 2.45) is 0 Å². The average molecular weight is 400 g/mol. The molecule has 3 nitrogen and oxygen atoms in total. The number of hydrogen-bond acceptors (Lipinski definition) is 4. The van der Waals surface area contributed by atoms with Gasteiger partial charge in [0.15, 0.2) is 0 Å². The molecule has 0 aliphatic heterocycles.